The van der Waals surface area contributed by atoms with Gasteiger partial charge in [0.2, 0.25) is 0 Å². The molecule has 0 unspecified atom stereocenters. The highest BCUT2D eigenvalue weighted by Gasteiger charge is 2.23. The maximum Gasteiger partial charge on any atom is 0.321 e. The third-order valence-corrected chi connectivity index (χ3v) is 6.21. The summed E-state index contributed by atoms with van der Waals surface area (Å²) in [5.74, 6) is 0. The minimum Gasteiger partial charge on any atom is -0.336 e. The van der Waals surface area contributed by atoms with Crippen molar-refractivity contribution in [2.24, 2.45) is 0 Å². The standard InChI is InChI=1S/C17H21N5O3S/c23-17-18-9-10-21(17)14-7-5-13(6-8-14)20-26(24,25)16-11-19-22(12-16)15-3-1-2-4-15/h5-8,11-12,15,20H,1-4,9-10H2,(H,18,23). The normalized spacial score (nSPS) is 18.3. The Labute approximate surface area is 152 Å². The van der Waals surface area contributed by atoms with Gasteiger partial charge in [0.25, 0.3) is 10.0 Å². The van der Waals surface area contributed by atoms with Gasteiger partial charge >= 0.3 is 6.03 Å². The number of amides is 2. The Morgan fingerprint density at radius 1 is 1.15 bits per heavy atom. The summed E-state index contributed by atoms with van der Waals surface area (Å²) in [5, 5.41) is 6.96. The zero-order valence-corrected chi connectivity index (χ0v) is 15.1. The van der Waals surface area contributed by atoms with E-state index >= 15 is 0 Å². The molecule has 0 spiro atoms. The summed E-state index contributed by atoms with van der Waals surface area (Å²) in [7, 11) is -3.69. The molecular weight excluding hydrogens is 354 g/mol. The van der Waals surface area contributed by atoms with E-state index in [1.807, 2.05) is 0 Å². The summed E-state index contributed by atoms with van der Waals surface area (Å²) in [4.78, 5) is 13.5. The molecule has 2 fully saturated rings. The third kappa shape index (κ3) is 3.26. The van der Waals surface area contributed by atoms with Crippen molar-refractivity contribution >= 4 is 27.4 Å². The molecule has 0 radical (unpaired) electrons. The van der Waals surface area contributed by atoms with Gasteiger partial charge in [-0.25, -0.2) is 13.2 Å². The lowest BCUT2D eigenvalue weighted by Crippen LogP contribution is -2.27. The minimum absolute atomic E-state index is 0.141. The molecule has 2 N–H and O–H groups in total. The van der Waals surface area contributed by atoms with Crippen LogP contribution in [0.25, 0.3) is 0 Å². The van der Waals surface area contributed by atoms with Crippen LogP contribution in [0, 0.1) is 0 Å². The summed E-state index contributed by atoms with van der Waals surface area (Å²) >= 11 is 0. The van der Waals surface area contributed by atoms with Crippen LogP contribution in [0.5, 0.6) is 0 Å². The van der Waals surface area contributed by atoms with E-state index in [2.05, 4.69) is 15.1 Å². The molecule has 0 atom stereocenters. The SMILES string of the molecule is O=C1NCCN1c1ccc(NS(=O)(=O)c2cnn(C3CCCC3)c2)cc1. The zero-order valence-electron chi connectivity index (χ0n) is 14.3. The maximum absolute atomic E-state index is 12.6. The van der Waals surface area contributed by atoms with Gasteiger partial charge in [0.05, 0.1) is 12.2 Å². The Morgan fingerprint density at radius 3 is 2.54 bits per heavy atom. The Balaban J connectivity index is 1.48. The van der Waals surface area contributed by atoms with Gasteiger partial charge < -0.3 is 5.32 Å². The van der Waals surface area contributed by atoms with Gasteiger partial charge in [-0.15, -0.1) is 0 Å². The molecule has 1 aliphatic carbocycles. The average molecular weight is 375 g/mol. The summed E-state index contributed by atoms with van der Waals surface area (Å²) < 4.78 is 29.5. The number of nitrogens with zero attached hydrogens (tertiary/aromatic N) is 3. The number of aromatic nitrogens is 2. The predicted octanol–water partition coefficient (Wildman–Crippen LogP) is 2.33. The molecule has 1 saturated carbocycles. The number of sulfonamides is 1. The molecule has 2 heterocycles. The first-order chi connectivity index (χ1) is 12.5. The first-order valence-electron chi connectivity index (χ1n) is 8.75. The Hall–Kier alpha value is -2.55. The number of carbonyl (C=O) groups is 1. The molecule has 2 amide bonds. The molecule has 9 heteroatoms. The van der Waals surface area contributed by atoms with Crippen molar-refractivity contribution in [2.45, 2.75) is 36.6 Å². The molecule has 2 aromatic rings. The van der Waals surface area contributed by atoms with Crippen LogP contribution in [-0.4, -0.2) is 37.3 Å². The highest BCUT2D eigenvalue weighted by atomic mass is 32.2. The van der Waals surface area contributed by atoms with Crippen LogP contribution < -0.4 is 14.9 Å². The number of carbonyl (C=O) groups excluding carboxylic acids is 1. The quantitative estimate of drug-likeness (QED) is 0.838. The molecule has 26 heavy (non-hydrogen) atoms. The Bertz CT molecular complexity index is 901. The van der Waals surface area contributed by atoms with Crippen LogP contribution in [-0.2, 0) is 10.0 Å². The molecular formula is C17H21N5O3S. The molecule has 1 saturated heterocycles. The van der Waals surface area contributed by atoms with Gasteiger partial charge in [-0.2, -0.15) is 5.10 Å². The highest BCUT2D eigenvalue weighted by Crippen LogP contribution is 2.29. The molecule has 2 aliphatic rings. The summed E-state index contributed by atoms with van der Waals surface area (Å²) in [6.45, 7) is 1.21. The van der Waals surface area contributed by atoms with Crippen molar-refractivity contribution in [2.75, 3.05) is 22.7 Å². The van der Waals surface area contributed by atoms with Crippen molar-refractivity contribution in [3.63, 3.8) is 0 Å². The second kappa shape index (κ2) is 6.64. The van der Waals surface area contributed by atoms with Crippen LogP contribution in [0.4, 0.5) is 16.2 Å². The molecule has 4 rings (SSSR count). The number of rotatable bonds is 5. The van der Waals surface area contributed by atoms with Crippen LogP contribution in [0.2, 0.25) is 0 Å². The topological polar surface area (TPSA) is 96.3 Å². The fourth-order valence-electron chi connectivity index (χ4n) is 3.47. The lowest BCUT2D eigenvalue weighted by molar-refractivity contribution is 0.252. The second-order valence-electron chi connectivity index (χ2n) is 6.63. The van der Waals surface area contributed by atoms with E-state index < -0.39 is 10.0 Å². The predicted molar refractivity (Wildman–Crippen MR) is 97.7 cm³/mol. The van der Waals surface area contributed by atoms with Crippen LogP contribution in [0.3, 0.4) is 0 Å². The van der Waals surface area contributed by atoms with Gasteiger partial charge in [0.1, 0.15) is 4.90 Å². The third-order valence-electron chi connectivity index (χ3n) is 4.87. The molecule has 1 aliphatic heterocycles. The maximum atomic E-state index is 12.6. The van der Waals surface area contributed by atoms with E-state index in [4.69, 9.17) is 0 Å². The lowest BCUT2D eigenvalue weighted by atomic mass is 10.2. The van der Waals surface area contributed by atoms with E-state index in [0.29, 0.717) is 24.8 Å². The van der Waals surface area contributed by atoms with Crippen molar-refractivity contribution in [3.8, 4) is 0 Å². The number of urea groups is 1. The van der Waals surface area contributed by atoms with Crippen LogP contribution in [0.15, 0.2) is 41.6 Å². The molecule has 1 aromatic heterocycles. The summed E-state index contributed by atoms with van der Waals surface area (Å²) in [6.07, 6.45) is 7.39. The molecule has 8 nitrogen and oxygen atoms in total. The van der Waals surface area contributed by atoms with Gasteiger partial charge in [-0.05, 0) is 37.1 Å². The number of anilines is 2. The fourth-order valence-corrected chi connectivity index (χ4v) is 4.47. The van der Waals surface area contributed by atoms with E-state index in [1.165, 1.54) is 6.20 Å². The molecule has 1 aromatic carbocycles. The van der Waals surface area contributed by atoms with E-state index in [-0.39, 0.29) is 10.9 Å². The van der Waals surface area contributed by atoms with Gasteiger partial charge in [0.15, 0.2) is 0 Å². The zero-order chi connectivity index (χ0) is 18.1. The fraction of sp³-hybridized carbons (Fsp3) is 0.412. The van der Waals surface area contributed by atoms with Crippen molar-refractivity contribution in [3.05, 3.63) is 36.7 Å². The van der Waals surface area contributed by atoms with Crippen molar-refractivity contribution in [1.29, 1.82) is 0 Å². The first kappa shape index (κ1) is 16.9. The molecule has 0 bridgehead atoms. The second-order valence-corrected chi connectivity index (χ2v) is 8.31. The van der Waals surface area contributed by atoms with Gasteiger partial charge in [-0.3, -0.25) is 14.3 Å². The summed E-state index contributed by atoms with van der Waals surface area (Å²) in [6, 6.07) is 6.91. The van der Waals surface area contributed by atoms with Crippen LogP contribution >= 0.6 is 0 Å². The highest BCUT2D eigenvalue weighted by molar-refractivity contribution is 7.92. The Morgan fingerprint density at radius 2 is 1.88 bits per heavy atom. The van der Waals surface area contributed by atoms with E-state index in [1.54, 1.807) is 40.0 Å². The number of benzene rings is 1. The van der Waals surface area contributed by atoms with Gasteiger partial charge in [-0.1, -0.05) is 12.8 Å². The number of nitrogens with one attached hydrogen (secondary N) is 2. The minimum atomic E-state index is -3.69. The van der Waals surface area contributed by atoms with Crippen molar-refractivity contribution < 1.29 is 13.2 Å². The van der Waals surface area contributed by atoms with Gasteiger partial charge in [0, 0.05) is 30.7 Å². The van der Waals surface area contributed by atoms with E-state index in [0.717, 1.165) is 31.4 Å². The van der Waals surface area contributed by atoms with Crippen LogP contribution in [0.1, 0.15) is 31.7 Å². The lowest BCUT2D eigenvalue weighted by Gasteiger charge is -2.15. The summed E-state index contributed by atoms with van der Waals surface area (Å²) in [5.41, 5.74) is 1.18. The van der Waals surface area contributed by atoms with Crippen molar-refractivity contribution in [1.82, 2.24) is 15.1 Å². The largest absolute Gasteiger partial charge is 0.336 e. The Kier molecular flexibility index (Phi) is 4.31. The number of hydrogen-bond donors (Lipinski definition) is 2. The smallest absolute Gasteiger partial charge is 0.321 e. The first-order valence-corrected chi connectivity index (χ1v) is 10.2. The monoisotopic (exact) mass is 375 g/mol. The average Bonchev–Trinajstić information content (AvgIpc) is 3.36. The van der Waals surface area contributed by atoms with E-state index in [9.17, 15) is 13.2 Å². The molecule has 138 valence electrons. The number of hydrogen-bond acceptors (Lipinski definition) is 4.